The van der Waals surface area contributed by atoms with Gasteiger partial charge in [-0.15, -0.1) is 0 Å². The maximum atomic E-state index is 13.5. The summed E-state index contributed by atoms with van der Waals surface area (Å²) in [5.74, 6) is 1.10. The monoisotopic (exact) mass is 509 g/mol. The normalized spacial score (nSPS) is 22.6. The molecule has 2 atom stereocenters. The molecular weight excluding hydrogens is 494 g/mol. The predicted octanol–water partition coefficient (Wildman–Crippen LogP) is 5.46. The van der Waals surface area contributed by atoms with Crippen LogP contribution in [0.5, 0.6) is 11.5 Å². The van der Waals surface area contributed by atoms with Gasteiger partial charge in [-0.2, -0.15) is 5.10 Å². The average molecular weight is 511 g/mol. The summed E-state index contributed by atoms with van der Waals surface area (Å²) < 4.78 is 12.7. The fourth-order valence-electron chi connectivity index (χ4n) is 4.66. The number of fused-ring (bicyclic) bond motifs is 6. The van der Waals surface area contributed by atoms with E-state index in [1.165, 1.54) is 0 Å². The zero-order chi connectivity index (χ0) is 22.0. The molecule has 0 aliphatic carbocycles. The fraction of sp³-hybridized carbons (Fsp3) is 0.167. The predicted molar refractivity (Wildman–Crippen MR) is 125 cm³/mol. The number of ether oxygens (including phenoxy) is 2. The highest BCUT2D eigenvalue weighted by Crippen LogP contribution is 2.54. The third kappa shape index (κ3) is 2.71. The Hall–Kier alpha value is -3.03. The van der Waals surface area contributed by atoms with Gasteiger partial charge in [0.2, 0.25) is 0 Å². The summed E-state index contributed by atoms with van der Waals surface area (Å²) in [7, 11) is 1.64. The molecule has 1 N–H and O–H groups in total. The minimum atomic E-state index is -1.41. The van der Waals surface area contributed by atoms with E-state index < -0.39 is 5.72 Å². The Morgan fingerprint density at radius 2 is 2.09 bits per heavy atom. The Bertz CT molecular complexity index is 1330. The van der Waals surface area contributed by atoms with Gasteiger partial charge in [0, 0.05) is 27.0 Å². The first-order valence-electron chi connectivity index (χ1n) is 10.1. The molecule has 3 aliphatic heterocycles. The van der Waals surface area contributed by atoms with E-state index in [2.05, 4.69) is 21.2 Å². The van der Waals surface area contributed by atoms with E-state index >= 15 is 0 Å². The quantitative estimate of drug-likeness (QED) is 0.497. The maximum absolute atomic E-state index is 13.5. The van der Waals surface area contributed by atoms with Crippen molar-refractivity contribution in [2.24, 2.45) is 5.10 Å². The first kappa shape index (κ1) is 19.6. The molecule has 0 fully saturated rings. The van der Waals surface area contributed by atoms with Crippen LogP contribution in [0.4, 0.5) is 5.69 Å². The van der Waals surface area contributed by atoms with Crippen LogP contribution in [-0.2, 0) is 10.5 Å². The van der Waals surface area contributed by atoms with Crippen LogP contribution in [0.15, 0.2) is 70.2 Å². The van der Waals surface area contributed by atoms with E-state index in [1.54, 1.807) is 18.2 Å². The molecule has 1 amide bonds. The summed E-state index contributed by atoms with van der Waals surface area (Å²) in [5, 5.41) is 10.3. The van der Waals surface area contributed by atoms with Gasteiger partial charge in [-0.1, -0.05) is 39.7 Å². The number of nitrogens with zero attached hydrogens (tertiary/aromatic N) is 2. The lowest BCUT2D eigenvalue weighted by atomic mass is 9.92. The molecular formula is C24H17BrClN3O3. The number of methoxy groups -OCH3 is 1. The lowest BCUT2D eigenvalue weighted by molar-refractivity contribution is -0.161. The second kappa shape index (κ2) is 6.98. The van der Waals surface area contributed by atoms with Crippen molar-refractivity contribution in [3.63, 3.8) is 0 Å². The van der Waals surface area contributed by atoms with Crippen LogP contribution >= 0.6 is 27.5 Å². The second-order valence-corrected chi connectivity index (χ2v) is 9.27. The number of hydrogen-bond acceptors (Lipinski definition) is 5. The summed E-state index contributed by atoms with van der Waals surface area (Å²) in [6.45, 7) is 0. The third-order valence-corrected chi connectivity index (χ3v) is 6.86. The van der Waals surface area contributed by atoms with Gasteiger partial charge in [0.1, 0.15) is 11.5 Å². The molecule has 1 spiro atoms. The number of nitrogens with one attached hydrogen (secondary N) is 1. The fourth-order valence-corrected chi connectivity index (χ4v) is 5.20. The van der Waals surface area contributed by atoms with E-state index in [0.717, 1.165) is 32.6 Å². The van der Waals surface area contributed by atoms with Crippen LogP contribution in [0.1, 0.15) is 29.2 Å². The molecule has 0 radical (unpaired) electrons. The van der Waals surface area contributed by atoms with Gasteiger partial charge in [0.25, 0.3) is 5.91 Å². The van der Waals surface area contributed by atoms with E-state index in [4.69, 9.17) is 26.2 Å². The number of amides is 1. The summed E-state index contributed by atoms with van der Waals surface area (Å²) >= 11 is 9.86. The van der Waals surface area contributed by atoms with Gasteiger partial charge < -0.3 is 14.8 Å². The first-order chi connectivity index (χ1) is 15.5. The van der Waals surface area contributed by atoms with Crippen molar-refractivity contribution in [3.8, 4) is 11.5 Å². The molecule has 3 heterocycles. The number of rotatable bonds is 2. The SMILES string of the molecule is COc1cccc(C2=NN3C(C2)c2cc(Cl)ccc2OC32C(=O)Nc3ccc(Br)cc32)c1. The van der Waals surface area contributed by atoms with E-state index in [0.29, 0.717) is 22.9 Å². The molecule has 3 aliphatic rings. The van der Waals surface area contributed by atoms with Gasteiger partial charge in [-0.05, 0) is 48.5 Å². The van der Waals surface area contributed by atoms with Crippen LogP contribution in [0.2, 0.25) is 5.02 Å². The van der Waals surface area contributed by atoms with Gasteiger partial charge >= 0.3 is 5.72 Å². The largest absolute Gasteiger partial charge is 0.497 e. The minimum Gasteiger partial charge on any atom is -0.497 e. The van der Waals surface area contributed by atoms with Crippen LogP contribution in [0.25, 0.3) is 0 Å². The molecule has 0 aromatic heterocycles. The highest BCUT2D eigenvalue weighted by atomic mass is 79.9. The molecule has 32 heavy (non-hydrogen) atoms. The van der Waals surface area contributed by atoms with Crippen molar-refractivity contribution in [1.29, 1.82) is 0 Å². The number of hydrogen-bond donors (Lipinski definition) is 1. The topological polar surface area (TPSA) is 63.2 Å². The molecule has 3 aromatic carbocycles. The van der Waals surface area contributed by atoms with Crippen molar-refractivity contribution in [2.75, 3.05) is 12.4 Å². The lowest BCUT2D eigenvalue weighted by Gasteiger charge is -2.44. The molecule has 8 heteroatoms. The Morgan fingerprint density at radius 3 is 2.94 bits per heavy atom. The zero-order valence-electron chi connectivity index (χ0n) is 16.9. The molecule has 0 bridgehead atoms. The standard InChI is InChI=1S/C24H17BrClN3O3/c1-31-16-4-2-3-13(9-16)20-12-21-17-11-15(26)6-8-22(17)32-24(29(21)28-20)18-10-14(25)5-7-19(18)27-23(24)30/h2-11,21H,12H2,1H3,(H,27,30). The molecule has 2 unspecified atom stereocenters. The summed E-state index contributed by atoms with van der Waals surface area (Å²) in [5.41, 5.74) is 2.70. The second-order valence-electron chi connectivity index (χ2n) is 7.92. The number of halogens is 2. The molecule has 0 saturated carbocycles. The van der Waals surface area contributed by atoms with Crippen LogP contribution < -0.4 is 14.8 Å². The Balaban J connectivity index is 1.57. The van der Waals surface area contributed by atoms with Crippen molar-refractivity contribution in [2.45, 2.75) is 18.2 Å². The van der Waals surface area contributed by atoms with E-state index in [1.807, 2.05) is 54.6 Å². The first-order valence-corrected chi connectivity index (χ1v) is 11.3. The smallest absolute Gasteiger partial charge is 0.306 e. The Labute approximate surface area is 197 Å². The van der Waals surface area contributed by atoms with Crippen LogP contribution in [0.3, 0.4) is 0 Å². The van der Waals surface area contributed by atoms with Crippen LogP contribution in [-0.4, -0.2) is 23.7 Å². The number of hydrazone groups is 1. The molecule has 0 saturated heterocycles. The van der Waals surface area contributed by atoms with Gasteiger partial charge in [0.15, 0.2) is 0 Å². The van der Waals surface area contributed by atoms with E-state index in [9.17, 15) is 4.79 Å². The van der Waals surface area contributed by atoms with Crippen molar-refractivity contribution < 1.29 is 14.3 Å². The molecule has 3 aromatic rings. The maximum Gasteiger partial charge on any atom is 0.306 e. The molecule has 6 rings (SSSR count). The van der Waals surface area contributed by atoms with Gasteiger partial charge in [-0.3, -0.25) is 4.79 Å². The summed E-state index contributed by atoms with van der Waals surface area (Å²) in [6, 6.07) is 18.7. The molecule has 160 valence electrons. The van der Waals surface area contributed by atoms with E-state index in [-0.39, 0.29) is 11.9 Å². The van der Waals surface area contributed by atoms with Crippen molar-refractivity contribution in [1.82, 2.24) is 5.01 Å². The Morgan fingerprint density at radius 1 is 1.22 bits per heavy atom. The lowest BCUT2D eigenvalue weighted by Crippen LogP contribution is -2.55. The Kier molecular flexibility index (Phi) is 4.29. The summed E-state index contributed by atoms with van der Waals surface area (Å²) in [4.78, 5) is 13.5. The molecule has 6 nitrogen and oxygen atoms in total. The average Bonchev–Trinajstić information content (AvgIpc) is 3.36. The number of anilines is 1. The minimum absolute atomic E-state index is 0.214. The zero-order valence-corrected chi connectivity index (χ0v) is 19.3. The van der Waals surface area contributed by atoms with Crippen LogP contribution in [0, 0.1) is 0 Å². The number of carbonyl (C=O) groups is 1. The van der Waals surface area contributed by atoms with Crippen molar-refractivity contribution in [3.05, 3.63) is 86.8 Å². The van der Waals surface area contributed by atoms with Gasteiger partial charge in [0.05, 0.1) is 30.1 Å². The summed E-state index contributed by atoms with van der Waals surface area (Å²) in [6.07, 6.45) is 0.599. The highest BCUT2D eigenvalue weighted by molar-refractivity contribution is 9.10. The number of carbonyl (C=O) groups excluding carboxylic acids is 1. The van der Waals surface area contributed by atoms with Gasteiger partial charge in [-0.25, -0.2) is 5.01 Å². The highest BCUT2D eigenvalue weighted by Gasteiger charge is 2.61. The number of benzene rings is 3. The third-order valence-electron chi connectivity index (χ3n) is 6.13. The van der Waals surface area contributed by atoms with Crippen molar-refractivity contribution >= 4 is 44.8 Å².